The van der Waals surface area contributed by atoms with Gasteiger partial charge >= 0.3 is 0 Å². The van der Waals surface area contributed by atoms with Crippen molar-refractivity contribution in [2.75, 3.05) is 25.0 Å². The van der Waals surface area contributed by atoms with Crippen molar-refractivity contribution < 1.29 is 14.4 Å². The van der Waals surface area contributed by atoms with Gasteiger partial charge in [0.05, 0.1) is 0 Å². The monoisotopic (exact) mass is 727 g/mol. The Morgan fingerprint density at radius 2 is 1.65 bits per heavy atom. The van der Waals surface area contributed by atoms with Crippen LogP contribution in [0.3, 0.4) is 0 Å². The number of aromatic nitrogens is 4. The first-order valence-electron chi connectivity index (χ1n) is 18.0. The van der Waals surface area contributed by atoms with Crippen LogP contribution in [0.1, 0.15) is 67.4 Å². The maximum atomic E-state index is 13.7. The van der Waals surface area contributed by atoms with Gasteiger partial charge in [-0.1, -0.05) is 44.2 Å². The first-order chi connectivity index (χ1) is 24.6. The number of hydrogen-bond donors (Lipinski definition) is 6. The highest BCUT2D eigenvalue weighted by Crippen LogP contribution is 2.30. The van der Waals surface area contributed by atoms with Gasteiger partial charge in [0.2, 0.25) is 11.8 Å². The minimum atomic E-state index is -0.779. The number of aryl methyl sites for hydroxylation is 1. The van der Waals surface area contributed by atoms with Gasteiger partial charge in [-0.05, 0) is 133 Å². The fraction of sp³-hybridized carbons (Fsp3) is 0.436. The van der Waals surface area contributed by atoms with Gasteiger partial charge in [0.25, 0.3) is 5.91 Å². The first kappa shape index (κ1) is 38.6. The van der Waals surface area contributed by atoms with Crippen LogP contribution in [-0.2, 0) is 16.0 Å². The summed E-state index contributed by atoms with van der Waals surface area (Å²) in [6, 6.07) is 20.4. The summed E-state index contributed by atoms with van der Waals surface area (Å²) >= 11 is 0. The van der Waals surface area contributed by atoms with E-state index in [0.29, 0.717) is 36.0 Å². The smallest absolute Gasteiger partial charge is 0.251 e. The zero-order valence-corrected chi connectivity index (χ0v) is 30.9. The van der Waals surface area contributed by atoms with Crippen LogP contribution in [0.2, 0.25) is 0 Å². The average molecular weight is 728 g/mol. The van der Waals surface area contributed by atoms with E-state index in [-0.39, 0.29) is 47.5 Å². The fourth-order valence-corrected chi connectivity index (χ4v) is 7.25. The van der Waals surface area contributed by atoms with Crippen molar-refractivity contribution in [3.63, 3.8) is 0 Å². The minimum absolute atomic E-state index is 0. The molecule has 276 valence electrons. The number of halogens is 1. The van der Waals surface area contributed by atoms with Gasteiger partial charge in [-0.15, -0.1) is 17.5 Å². The summed E-state index contributed by atoms with van der Waals surface area (Å²) in [4.78, 5) is 40.3. The summed E-state index contributed by atoms with van der Waals surface area (Å²) in [6.07, 6.45) is 4.60. The quantitative estimate of drug-likeness (QED) is 0.127. The van der Waals surface area contributed by atoms with Gasteiger partial charge in [0.1, 0.15) is 6.04 Å². The second-order valence-electron chi connectivity index (χ2n) is 14.7. The van der Waals surface area contributed by atoms with Crippen LogP contribution >= 0.6 is 12.4 Å². The molecule has 1 unspecified atom stereocenters. The summed E-state index contributed by atoms with van der Waals surface area (Å²) in [7, 11) is 0. The van der Waals surface area contributed by atoms with E-state index in [1.165, 1.54) is 0 Å². The number of anilines is 1. The lowest BCUT2D eigenvalue weighted by Crippen LogP contribution is -2.54. The normalized spacial score (nSPS) is 20.2. The number of nitrogens with one attached hydrogen (secondary N) is 5. The van der Waals surface area contributed by atoms with Crippen LogP contribution in [0.15, 0.2) is 66.7 Å². The number of carbonyl (C=O) groups excluding carboxylic acids is 3. The lowest BCUT2D eigenvalue weighted by Gasteiger charge is -2.39. The molecular formula is C39H50ClN9O3. The Morgan fingerprint density at radius 3 is 2.29 bits per heavy atom. The van der Waals surface area contributed by atoms with Crippen LogP contribution in [0, 0.1) is 24.2 Å². The lowest BCUT2D eigenvalue weighted by atomic mass is 9.80. The lowest BCUT2D eigenvalue weighted by molar-refractivity contribution is -0.130. The Hall–Kier alpha value is -4.65. The molecule has 2 aliphatic rings. The highest BCUT2D eigenvalue weighted by Gasteiger charge is 2.33. The number of carbonyl (C=O) groups is 3. The molecule has 1 saturated carbocycles. The van der Waals surface area contributed by atoms with Gasteiger partial charge in [-0.2, -0.15) is 0 Å². The number of amides is 3. The van der Waals surface area contributed by atoms with Crippen molar-refractivity contribution in [2.45, 2.75) is 71.4 Å². The molecule has 3 aromatic carbocycles. The van der Waals surface area contributed by atoms with Crippen LogP contribution < -0.4 is 27.0 Å². The standard InChI is InChI=1S/C39H49N9O3.ClH/c1-24-20-30(37(50)44-34-18-19-41-23-39(34,2)3)14-17-32(24)27-8-4-25(5-9-27)21-33(43-36(49)29-10-6-26(22-40)7-11-29)38(51)42-31-15-12-28(13-16-31)35-45-47-48-46-35;/h4-5,8-9,12-17,20,26,29,33-34,41H,6-7,10-11,18-19,21-23,40H2,1-3H3,(H,42,51)(H,43,49)(H,44,50)(H,45,46,47,48);1H/t26-,29-,33-,34?;/m0./s1. The third-order valence-corrected chi connectivity index (χ3v) is 10.6. The average Bonchev–Trinajstić information content (AvgIpc) is 3.68. The highest BCUT2D eigenvalue weighted by atomic mass is 35.5. The van der Waals surface area contributed by atoms with E-state index < -0.39 is 6.04 Å². The predicted octanol–water partition coefficient (Wildman–Crippen LogP) is 4.81. The van der Waals surface area contributed by atoms with Crippen LogP contribution in [0.25, 0.3) is 22.5 Å². The summed E-state index contributed by atoms with van der Waals surface area (Å²) in [6.45, 7) is 8.78. The number of rotatable bonds is 11. The van der Waals surface area contributed by atoms with Gasteiger partial charge < -0.3 is 27.0 Å². The molecule has 2 atom stereocenters. The second kappa shape index (κ2) is 17.2. The number of aromatic amines is 1. The molecule has 12 nitrogen and oxygen atoms in total. The molecule has 52 heavy (non-hydrogen) atoms. The van der Waals surface area contributed by atoms with E-state index in [4.69, 9.17) is 5.73 Å². The summed E-state index contributed by atoms with van der Waals surface area (Å²) in [5.41, 5.74) is 11.8. The fourth-order valence-electron chi connectivity index (χ4n) is 7.25. The molecule has 0 bridgehead atoms. The Balaban J connectivity index is 0.00000523. The Labute approximate surface area is 311 Å². The van der Waals surface area contributed by atoms with E-state index in [2.05, 4.69) is 55.7 Å². The third-order valence-electron chi connectivity index (χ3n) is 10.6. The molecule has 7 N–H and O–H groups in total. The van der Waals surface area contributed by atoms with Crippen LogP contribution in [0.5, 0.6) is 0 Å². The molecule has 13 heteroatoms. The number of hydrogen-bond acceptors (Lipinski definition) is 8. The van der Waals surface area contributed by atoms with Crippen molar-refractivity contribution in [3.05, 3.63) is 83.4 Å². The van der Waals surface area contributed by atoms with E-state index in [0.717, 1.165) is 73.0 Å². The first-order valence-corrected chi connectivity index (χ1v) is 18.0. The van der Waals surface area contributed by atoms with Crippen molar-refractivity contribution in [2.24, 2.45) is 23.0 Å². The number of piperidine rings is 1. The second-order valence-corrected chi connectivity index (χ2v) is 14.7. The highest BCUT2D eigenvalue weighted by molar-refractivity contribution is 5.98. The third kappa shape index (κ3) is 9.41. The number of tetrazole rings is 1. The van der Waals surface area contributed by atoms with Gasteiger partial charge in [0.15, 0.2) is 5.82 Å². The number of benzene rings is 3. The molecule has 0 spiro atoms. The summed E-state index contributed by atoms with van der Waals surface area (Å²) < 4.78 is 0. The molecule has 2 heterocycles. The van der Waals surface area contributed by atoms with E-state index in [1.54, 1.807) is 12.1 Å². The topological polar surface area (TPSA) is 180 Å². The molecule has 1 aliphatic heterocycles. The maximum absolute atomic E-state index is 13.7. The van der Waals surface area contributed by atoms with Crippen LogP contribution in [0.4, 0.5) is 5.69 Å². The molecule has 3 amide bonds. The van der Waals surface area contributed by atoms with E-state index >= 15 is 0 Å². The molecule has 1 saturated heterocycles. The predicted molar refractivity (Wildman–Crippen MR) is 205 cm³/mol. The SMILES string of the molecule is Cc1cc(C(=O)NC2CCNCC2(C)C)ccc1-c1ccc(C[C@H](NC(=O)[C@H]2CC[C@H](CN)CC2)C(=O)Nc2ccc(-c3nnn[nH]3)cc2)cc1.Cl. The molecule has 2 fully saturated rings. The molecule has 0 radical (unpaired) electrons. The maximum Gasteiger partial charge on any atom is 0.251 e. The molecule has 1 aromatic heterocycles. The Bertz CT molecular complexity index is 1810. The van der Waals surface area contributed by atoms with Crippen molar-refractivity contribution in [3.8, 4) is 22.5 Å². The molecular weight excluding hydrogens is 678 g/mol. The van der Waals surface area contributed by atoms with Gasteiger partial charge in [-0.25, -0.2) is 5.10 Å². The van der Waals surface area contributed by atoms with Gasteiger partial charge in [-0.3, -0.25) is 14.4 Å². The summed E-state index contributed by atoms with van der Waals surface area (Å²) in [5.74, 6) is 0.389. The largest absolute Gasteiger partial charge is 0.349 e. The van der Waals surface area contributed by atoms with E-state index in [9.17, 15) is 14.4 Å². The number of nitrogens with zero attached hydrogens (tertiary/aromatic N) is 3. The zero-order chi connectivity index (χ0) is 36.0. The van der Waals surface area contributed by atoms with Crippen molar-refractivity contribution >= 4 is 35.8 Å². The summed E-state index contributed by atoms with van der Waals surface area (Å²) in [5, 5.41) is 26.6. The zero-order valence-electron chi connectivity index (χ0n) is 30.1. The Morgan fingerprint density at radius 1 is 0.942 bits per heavy atom. The van der Waals surface area contributed by atoms with Crippen molar-refractivity contribution in [1.29, 1.82) is 0 Å². The minimum Gasteiger partial charge on any atom is -0.349 e. The molecule has 1 aliphatic carbocycles. The van der Waals surface area contributed by atoms with Crippen LogP contribution in [-0.4, -0.2) is 70.1 Å². The molecule has 6 rings (SSSR count). The number of nitrogens with two attached hydrogens (primary N) is 1. The number of H-pyrrole nitrogens is 1. The van der Waals surface area contributed by atoms with Crippen molar-refractivity contribution in [1.82, 2.24) is 36.6 Å². The van der Waals surface area contributed by atoms with E-state index in [1.807, 2.05) is 61.5 Å². The molecule has 4 aromatic rings. The van der Waals surface area contributed by atoms with Gasteiger partial charge in [0, 0.05) is 41.7 Å². The Kier molecular flexibility index (Phi) is 12.8.